The van der Waals surface area contributed by atoms with Crippen molar-refractivity contribution in [2.24, 2.45) is 0 Å². The van der Waals surface area contributed by atoms with Crippen LogP contribution in [0.25, 0.3) is 0 Å². The van der Waals surface area contributed by atoms with Crippen LogP contribution in [0.2, 0.25) is 10.0 Å². The summed E-state index contributed by atoms with van der Waals surface area (Å²) in [5.41, 5.74) is -1.79. The lowest BCUT2D eigenvalue weighted by Gasteiger charge is -2.18. The molecule has 0 radical (unpaired) electrons. The molecule has 0 heterocycles. The van der Waals surface area contributed by atoms with Gasteiger partial charge in [-0.1, -0.05) is 23.2 Å². The molecule has 0 spiro atoms. The number of rotatable bonds is 4. The lowest BCUT2D eigenvalue weighted by Crippen LogP contribution is -2.46. The molecule has 0 bridgehead atoms. The van der Waals surface area contributed by atoms with Gasteiger partial charge in [-0.2, -0.15) is 0 Å². The zero-order chi connectivity index (χ0) is 13.9. The van der Waals surface area contributed by atoms with Crippen molar-refractivity contribution in [2.75, 3.05) is 6.54 Å². The number of aliphatic carboxylic acids is 1. The Labute approximate surface area is 113 Å². The summed E-state index contributed by atoms with van der Waals surface area (Å²) in [5.74, 6) is -1.97. The van der Waals surface area contributed by atoms with Gasteiger partial charge in [0, 0.05) is 5.56 Å². The fourth-order valence-corrected chi connectivity index (χ4v) is 1.37. The molecule has 0 aliphatic rings. The lowest BCUT2D eigenvalue weighted by molar-refractivity contribution is -0.155. The molecule has 5 nitrogen and oxygen atoms in total. The average Bonchev–Trinajstić information content (AvgIpc) is 2.29. The molecule has 18 heavy (non-hydrogen) atoms. The van der Waals surface area contributed by atoms with Crippen molar-refractivity contribution >= 4 is 35.1 Å². The van der Waals surface area contributed by atoms with Crippen LogP contribution in [0.15, 0.2) is 18.2 Å². The van der Waals surface area contributed by atoms with E-state index in [4.69, 9.17) is 28.3 Å². The van der Waals surface area contributed by atoms with E-state index in [-0.39, 0.29) is 10.6 Å². The molecule has 1 amide bonds. The van der Waals surface area contributed by atoms with Gasteiger partial charge in [-0.05, 0) is 25.1 Å². The number of amides is 1. The Balaban J connectivity index is 2.72. The molecular formula is C11H11Cl2NO4. The summed E-state index contributed by atoms with van der Waals surface area (Å²) in [6.07, 6.45) is 0. The molecule has 0 aliphatic carbocycles. The van der Waals surface area contributed by atoms with Gasteiger partial charge < -0.3 is 15.5 Å². The van der Waals surface area contributed by atoms with Crippen molar-refractivity contribution in [3.05, 3.63) is 33.8 Å². The van der Waals surface area contributed by atoms with Crippen LogP contribution in [0.3, 0.4) is 0 Å². The van der Waals surface area contributed by atoms with Gasteiger partial charge in [0.1, 0.15) is 0 Å². The standard InChI is InChI=1S/C11H11Cl2NO4/c1-11(18,10(16)17)5-14-9(15)6-2-3-7(12)8(13)4-6/h2-4,18H,5H2,1H3,(H,14,15)(H,16,17). The second kappa shape index (κ2) is 5.56. The number of aliphatic hydroxyl groups is 1. The van der Waals surface area contributed by atoms with Crippen LogP contribution in [-0.4, -0.2) is 34.2 Å². The third-order valence-corrected chi connectivity index (χ3v) is 2.97. The summed E-state index contributed by atoms with van der Waals surface area (Å²) >= 11 is 11.4. The monoisotopic (exact) mass is 291 g/mol. The Morgan fingerprint density at radius 1 is 1.33 bits per heavy atom. The first kappa shape index (κ1) is 14.8. The highest BCUT2D eigenvalue weighted by atomic mass is 35.5. The predicted molar refractivity (Wildman–Crippen MR) is 67.1 cm³/mol. The second-order valence-corrected chi connectivity index (χ2v) is 4.70. The number of benzene rings is 1. The molecule has 7 heteroatoms. The number of carboxylic acid groups (broad SMARTS) is 1. The molecule has 1 unspecified atom stereocenters. The van der Waals surface area contributed by atoms with Crippen molar-refractivity contribution in [3.8, 4) is 0 Å². The number of hydrogen-bond acceptors (Lipinski definition) is 3. The number of hydrogen-bond donors (Lipinski definition) is 3. The first-order valence-corrected chi connectivity index (χ1v) is 5.68. The lowest BCUT2D eigenvalue weighted by atomic mass is 10.1. The third kappa shape index (κ3) is 3.60. The maximum Gasteiger partial charge on any atom is 0.337 e. The van der Waals surface area contributed by atoms with Crippen molar-refractivity contribution in [1.82, 2.24) is 5.32 Å². The van der Waals surface area contributed by atoms with Crippen LogP contribution in [0.5, 0.6) is 0 Å². The van der Waals surface area contributed by atoms with Gasteiger partial charge in [0.2, 0.25) is 0 Å². The molecule has 98 valence electrons. The molecule has 0 aromatic heterocycles. The summed E-state index contributed by atoms with van der Waals surface area (Å²) in [7, 11) is 0. The Kier molecular flexibility index (Phi) is 4.56. The van der Waals surface area contributed by atoms with E-state index in [2.05, 4.69) is 5.32 Å². The van der Waals surface area contributed by atoms with E-state index in [0.717, 1.165) is 6.92 Å². The van der Waals surface area contributed by atoms with Gasteiger partial charge in [-0.15, -0.1) is 0 Å². The SMILES string of the molecule is CC(O)(CNC(=O)c1ccc(Cl)c(Cl)c1)C(=O)O. The van der Waals surface area contributed by atoms with Gasteiger partial charge >= 0.3 is 5.97 Å². The average molecular weight is 292 g/mol. The molecular weight excluding hydrogens is 281 g/mol. The summed E-state index contributed by atoms with van der Waals surface area (Å²) in [4.78, 5) is 22.3. The maximum absolute atomic E-state index is 11.7. The molecule has 0 saturated heterocycles. The van der Waals surface area contributed by atoms with Crippen LogP contribution in [0.1, 0.15) is 17.3 Å². The van der Waals surface area contributed by atoms with E-state index in [1.165, 1.54) is 18.2 Å². The number of carbonyl (C=O) groups excluding carboxylic acids is 1. The van der Waals surface area contributed by atoms with Crippen LogP contribution in [0.4, 0.5) is 0 Å². The number of nitrogens with one attached hydrogen (secondary N) is 1. The fourth-order valence-electron chi connectivity index (χ4n) is 1.07. The molecule has 3 N–H and O–H groups in total. The highest BCUT2D eigenvalue weighted by Gasteiger charge is 2.30. The van der Waals surface area contributed by atoms with Crippen molar-refractivity contribution in [2.45, 2.75) is 12.5 Å². The predicted octanol–water partition coefficient (Wildman–Crippen LogP) is 1.56. The number of carbonyl (C=O) groups is 2. The summed E-state index contributed by atoms with van der Waals surface area (Å²) in [6, 6.07) is 4.25. The third-order valence-electron chi connectivity index (χ3n) is 2.24. The van der Waals surface area contributed by atoms with E-state index in [1.807, 2.05) is 0 Å². The van der Waals surface area contributed by atoms with Crippen molar-refractivity contribution < 1.29 is 19.8 Å². The molecule has 0 fully saturated rings. The quantitative estimate of drug-likeness (QED) is 0.786. The van der Waals surface area contributed by atoms with Crippen LogP contribution in [-0.2, 0) is 4.79 Å². The largest absolute Gasteiger partial charge is 0.479 e. The van der Waals surface area contributed by atoms with E-state index < -0.39 is 24.0 Å². The summed E-state index contributed by atoms with van der Waals surface area (Å²) < 4.78 is 0. The van der Waals surface area contributed by atoms with Crippen LogP contribution in [0, 0.1) is 0 Å². The zero-order valence-corrected chi connectivity index (χ0v) is 10.9. The van der Waals surface area contributed by atoms with E-state index in [1.54, 1.807) is 0 Å². The van der Waals surface area contributed by atoms with Gasteiger partial charge in [0.15, 0.2) is 5.60 Å². The number of halogens is 2. The molecule has 0 saturated carbocycles. The van der Waals surface area contributed by atoms with Gasteiger partial charge in [-0.3, -0.25) is 4.79 Å². The highest BCUT2D eigenvalue weighted by molar-refractivity contribution is 6.42. The zero-order valence-electron chi connectivity index (χ0n) is 9.41. The maximum atomic E-state index is 11.7. The van der Waals surface area contributed by atoms with Crippen molar-refractivity contribution in [1.29, 1.82) is 0 Å². The minimum Gasteiger partial charge on any atom is -0.479 e. The molecule has 1 atom stereocenters. The first-order valence-electron chi connectivity index (χ1n) is 4.93. The normalized spacial score (nSPS) is 13.8. The first-order chi connectivity index (χ1) is 8.24. The van der Waals surface area contributed by atoms with Gasteiger partial charge in [-0.25, -0.2) is 4.79 Å². The topological polar surface area (TPSA) is 86.6 Å². The molecule has 1 rings (SSSR count). The second-order valence-electron chi connectivity index (χ2n) is 3.89. The molecule has 0 aliphatic heterocycles. The summed E-state index contributed by atoms with van der Waals surface area (Å²) in [6.45, 7) is 0.672. The Morgan fingerprint density at radius 2 is 1.94 bits per heavy atom. The fraction of sp³-hybridized carbons (Fsp3) is 0.273. The van der Waals surface area contributed by atoms with E-state index in [9.17, 15) is 14.7 Å². The van der Waals surface area contributed by atoms with Crippen LogP contribution < -0.4 is 5.32 Å². The Bertz CT molecular complexity index is 488. The van der Waals surface area contributed by atoms with E-state index >= 15 is 0 Å². The highest BCUT2D eigenvalue weighted by Crippen LogP contribution is 2.22. The Morgan fingerprint density at radius 3 is 2.44 bits per heavy atom. The van der Waals surface area contributed by atoms with E-state index in [0.29, 0.717) is 5.02 Å². The number of carboxylic acids is 1. The minimum atomic E-state index is -2.02. The summed E-state index contributed by atoms with van der Waals surface area (Å²) in [5, 5.41) is 20.9. The van der Waals surface area contributed by atoms with Gasteiger partial charge in [0.05, 0.1) is 16.6 Å². The van der Waals surface area contributed by atoms with Gasteiger partial charge in [0.25, 0.3) is 5.91 Å². The molecule has 1 aromatic carbocycles. The smallest absolute Gasteiger partial charge is 0.337 e. The Hall–Kier alpha value is -1.30. The van der Waals surface area contributed by atoms with Crippen LogP contribution >= 0.6 is 23.2 Å². The minimum absolute atomic E-state index is 0.217. The van der Waals surface area contributed by atoms with Crippen molar-refractivity contribution in [3.63, 3.8) is 0 Å². The molecule has 1 aromatic rings.